The van der Waals surface area contributed by atoms with E-state index < -0.39 is 10.1 Å². The van der Waals surface area contributed by atoms with Crippen molar-refractivity contribution in [1.82, 2.24) is 0 Å². The summed E-state index contributed by atoms with van der Waals surface area (Å²) in [5, 5.41) is 1.34. The molecule has 0 spiro atoms. The Hall–Kier alpha value is -0.390. The highest BCUT2D eigenvalue weighted by Crippen LogP contribution is 2.17. The van der Waals surface area contributed by atoms with Crippen LogP contribution in [0.4, 0.5) is 0 Å². The van der Waals surface area contributed by atoms with Crippen LogP contribution in [-0.2, 0) is 10.1 Å². The van der Waals surface area contributed by atoms with Crippen LogP contribution in [0.5, 0.6) is 0 Å². The van der Waals surface area contributed by atoms with Gasteiger partial charge in [-0.25, -0.2) is 0 Å². The van der Waals surface area contributed by atoms with Gasteiger partial charge in [0, 0.05) is 10.3 Å². The second-order valence-corrected chi connectivity index (χ2v) is 4.14. The van der Waals surface area contributed by atoms with Gasteiger partial charge in [0.1, 0.15) is 4.90 Å². The Morgan fingerprint density at radius 3 is 2.40 bits per heavy atom. The Morgan fingerprint density at radius 2 is 2.20 bits per heavy atom. The molecule has 0 saturated heterocycles. The highest BCUT2D eigenvalue weighted by atomic mass is 32.2. The van der Waals surface area contributed by atoms with Gasteiger partial charge in [-0.05, 0) is 13.0 Å². The monoisotopic (exact) mass is 177 g/mol. The molecule has 0 aliphatic carbocycles. The van der Waals surface area contributed by atoms with E-state index >= 15 is 0 Å². The molecule has 0 unspecified atom stereocenters. The van der Waals surface area contributed by atoms with E-state index in [4.69, 9.17) is 4.55 Å². The standard InChI is InChI=1S/C5H5O3S2/c1-4-2-5(3-9-4)10(6,7)8/h2-3H,1H2,(H,6,7,8). The van der Waals surface area contributed by atoms with Crippen LogP contribution in [0.3, 0.4) is 0 Å². The Morgan fingerprint density at radius 1 is 1.60 bits per heavy atom. The van der Waals surface area contributed by atoms with E-state index in [0.29, 0.717) is 4.88 Å². The average Bonchev–Trinajstić information content (AvgIpc) is 2.11. The van der Waals surface area contributed by atoms with E-state index in [2.05, 4.69) is 6.92 Å². The first kappa shape index (κ1) is 7.71. The highest BCUT2D eigenvalue weighted by molar-refractivity contribution is 7.86. The lowest BCUT2D eigenvalue weighted by Gasteiger charge is -1.85. The molecule has 0 bridgehead atoms. The summed E-state index contributed by atoms with van der Waals surface area (Å²) in [6.07, 6.45) is 0. The summed E-state index contributed by atoms with van der Waals surface area (Å²) in [6, 6.07) is 1.32. The summed E-state index contributed by atoms with van der Waals surface area (Å²) < 4.78 is 29.2. The van der Waals surface area contributed by atoms with Crippen molar-refractivity contribution in [1.29, 1.82) is 0 Å². The molecule has 0 amide bonds. The zero-order valence-electron chi connectivity index (χ0n) is 4.94. The van der Waals surface area contributed by atoms with Gasteiger partial charge in [0.2, 0.25) is 0 Å². The summed E-state index contributed by atoms with van der Waals surface area (Å²) >= 11 is 1.18. The maximum Gasteiger partial charge on any atom is 0.295 e. The minimum absolute atomic E-state index is 0.0810. The van der Waals surface area contributed by atoms with Crippen molar-refractivity contribution in [2.75, 3.05) is 0 Å². The quantitative estimate of drug-likeness (QED) is 0.655. The Kier molecular flexibility index (Phi) is 1.80. The van der Waals surface area contributed by atoms with Crippen molar-refractivity contribution in [2.45, 2.75) is 4.90 Å². The molecule has 0 aromatic carbocycles. The first-order valence-electron chi connectivity index (χ1n) is 2.38. The third kappa shape index (κ3) is 1.56. The van der Waals surface area contributed by atoms with Crippen LogP contribution in [-0.4, -0.2) is 13.0 Å². The van der Waals surface area contributed by atoms with Crippen molar-refractivity contribution in [3.8, 4) is 0 Å². The van der Waals surface area contributed by atoms with Gasteiger partial charge in [-0.1, -0.05) is 0 Å². The zero-order valence-corrected chi connectivity index (χ0v) is 6.58. The van der Waals surface area contributed by atoms with Crippen LogP contribution < -0.4 is 0 Å². The van der Waals surface area contributed by atoms with E-state index in [1.807, 2.05) is 0 Å². The Labute approximate surface area is 63.1 Å². The molecule has 0 saturated carbocycles. The third-order valence-electron chi connectivity index (χ3n) is 0.928. The Balaban J connectivity index is 3.21. The molecule has 10 heavy (non-hydrogen) atoms. The molecule has 3 nitrogen and oxygen atoms in total. The van der Waals surface area contributed by atoms with E-state index in [0.717, 1.165) is 0 Å². The van der Waals surface area contributed by atoms with Crippen LogP contribution >= 0.6 is 11.3 Å². The molecule has 1 aromatic rings. The van der Waals surface area contributed by atoms with Crippen LogP contribution in [0.25, 0.3) is 0 Å². The fraction of sp³-hybridized carbons (Fsp3) is 0. The smallest absolute Gasteiger partial charge is 0.282 e. The number of hydrogen-bond acceptors (Lipinski definition) is 3. The third-order valence-corrected chi connectivity index (χ3v) is 2.70. The van der Waals surface area contributed by atoms with Crippen molar-refractivity contribution < 1.29 is 13.0 Å². The minimum Gasteiger partial charge on any atom is -0.282 e. The maximum absolute atomic E-state index is 10.4. The van der Waals surface area contributed by atoms with Gasteiger partial charge in [-0.3, -0.25) is 4.55 Å². The molecule has 0 aliphatic heterocycles. The molecule has 5 heteroatoms. The lowest BCUT2D eigenvalue weighted by atomic mass is 10.5. The second kappa shape index (κ2) is 2.34. The molecular formula is C5H5O3S2. The maximum atomic E-state index is 10.4. The first-order chi connectivity index (χ1) is 4.50. The zero-order chi connectivity index (χ0) is 7.78. The van der Waals surface area contributed by atoms with Crippen LogP contribution in [0, 0.1) is 6.92 Å². The number of hydrogen-bond donors (Lipinski definition) is 1. The van der Waals surface area contributed by atoms with Gasteiger partial charge in [-0.15, -0.1) is 11.3 Å². The van der Waals surface area contributed by atoms with Gasteiger partial charge in [-0.2, -0.15) is 8.42 Å². The van der Waals surface area contributed by atoms with E-state index in [1.165, 1.54) is 22.8 Å². The number of thiophene rings is 1. The SMILES string of the molecule is [CH2]c1cc(S(=O)(=O)O)cs1. The molecule has 0 atom stereocenters. The van der Waals surface area contributed by atoms with Crippen molar-refractivity contribution >= 4 is 21.5 Å². The van der Waals surface area contributed by atoms with Gasteiger partial charge >= 0.3 is 0 Å². The van der Waals surface area contributed by atoms with Gasteiger partial charge in [0.15, 0.2) is 0 Å². The van der Waals surface area contributed by atoms with Gasteiger partial charge < -0.3 is 0 Å². The average molecular weight is 177 g/mol. The van der Waals surface area contributed by atoms with Crippen molar-refractivity contribution in [3.63, 3.8) is 0 Å². The van der Waals surface area contributed by atoms with Crippen LogP contribution in [0.1, 0.15) is 4.88 Å². The molecule has 1 rings (SSSR count). The van der Waals surface area contributed by atoms with Crippen LogP contribution in [0.2, 0.25) is 0 Å². The van der Waals surface area contributed by atoms with Crippen molar-refractivity contribution in [3.05, 3.63) is 23.2 Å². The summed E-state index contributed by atoms with van der Waals surface area (Å²) in [4.78, 5) is 0.537. The fourth-order valence-electron chi connectivity index (χ4n) is 0.496. The van der Waals surface area contributed by atoms with Gasteiger partial charge in [0.25, 0.3) is 10.1 Å². The van der Waals surface area contributed by atoms with Crippen molar-refractivity contribution in [2.24, 2.45) is 0 Å². The minimum atomic E-state index is -4.01. The molecule has 55 valence electrons. The topological polar surface area (TPSA) is 54.4 Å². The summed E-state index contributed by atoms with van der Waals surface area (Å²) in [5.74, 6) is 0. The summed E-state index contributed by atoms with van der Waals surface area (Å²) in [7, 11) is -4.01. The molecule has 1 aromatic heterocycles. The summed E-state index contributed by atoms with van der Waals surface area (Å²) in [6.45, 7) is 3.50. The highest BCUT2D eigenvalue weighted by Gasteiger charge is 2.09. The van der Waals surface area contributed by atoms with E-state index in [1.54, 1.807) is 0 Å². The van der Waals surface area contributed by atoms with Crippen LogP contribution in [0.15, 0.2) is 16.3 Å². The summed E-state index contributed by atoms with van der Waals surface area (Å²) in [5.41, 5.74) is 0. The molecule has 1 heterocycles. The van der Waals surface area contributed by atoms with Gasteiger partial charge in [0.05, 0.1) is 0 Å². The normalized spacial score (nSPS) is 11.8. The Bertz CT molecular complexity index is 322. The molecular weight excluding hydrogens is 172 g/mol. The van der Waals surface area contributed by atoms with E-state index in [9.17, 15) is 8.42 Å². The second-order valence-electron chi connectivity index (χ2n) is 1.72. The lowest BCUT2D eigenvalue weighted by molar-refractivity contribution is 0.483. The fourth-order valence-corrected chi connectivity index (χ4v) is 2.02. The largest absolute Gasteiger partial charge is 0.295 e. The number of rotatable bonds is 1. The van der Waals surface area contributed by atoms with E-state index in [-0.39, 0.29) is 4.90 Å². The predicted octanol–water partition coefficient (Wildman–Crippen LogP) is 1.18. The molecule has 1 radical (unpaired) electrons. The molecule has 1 N–H and O–H groups in total. The first-order valence-corrected chi connectivity index (χ1v) is 4.70. The predicted molar refractivity (Wildman–Crippen MR) is 38.6 cm³/mol. The lowest BCUT2D eigenvalue weighted by Crippen LogP contribution is -1.94. The molecule has 0 aliphatic rings. The molecule has 0 fully saturated rings.